The fourth-order valence-corrected chi connectivity index (χ4v) is 0.640. The minimum atomic E-state index is -0.462. The maximum atomic E-state index is 11.0. The third kappa shape index (κ3) is 1.40. The van der Waals surface area contributed by atoms with Crippen LogP contribution in [0.4, 0.5) is 0 Å². The van der Waals surface area contributed by atoms with Crippen molar-refractivity contribution in [1.82, 2.24) is 10.3 Å². The van der Waals surface area contributed by atoms with Crippen LogP contribution in [0.2, 0.25) is 0 Å². The molecule has 0 fully saturated rings. The van der Waals surface area contributed by atoms with Crippen LogP contribution < -0.4 is 4.74 Å². The molecular formula is C6H5N3O3. The zero-order chi connectivity index (χ0) is 8.97. The quantitative estimate of drug-likeness (QED) is 0.596. The Morgan fingerprint density at radius 2 is 2.50 bits per heavy atom. The summed E-state index contributed by atoms with van der Waals surface area (Å²) in [5.74, 6) is -0.453. The molecule has 0 aromatic carbocycles. The van der Waals surface area contributed by atoms with Crippen molar-refractivity contribution in [2.45, 2.75) is 6.42 Å². The molecule has 1 aromatic heterocycles. The number of aromatic nitrogens is 2. The molecule has 1 rings (SSSR count). The number of Topliss-reactive ketones (excluding diaryl/α,β-unsaturated/α-hetero) is 1. The highest BCUT2D eigenvalue weighted by molar-refractivity contribution is 5.97. The number of rotatable bonds is 3. The highest BCUT2D eigenvalue weighted by Gasteiger charge is 2.17. The minimum Gasteiger partial charge on any atom is -0.477 e. The van der Waals surface area contributed by atoms with Crippen LogP contribution in [0.3, 0.4) is 0 Å². The second-order valence-electron chi connectivity index (χ2n) is 1.88. The van der Waals surface area contributed by atoms with Gasteiger partial charge in [0, 0.05) is 0 Å². The molecule has 0 aliphatic rings. The summed E-state index contributed by atoms with van der Waals surface area (Å²) in [5, 5.41) is 14.8. The molecule has 6 heteroatoms. The molecule has 1 heterocycles. The molecule has 0 saturated carbocycles. The van der Waals surface area contributed by atoms with E-state index in [0.29, 0.717) is 0 Å². The zero-order valence-corrected chi connectivity index (χ0v) is 6.27. The van der Waals surface area contributed by atoms with Gasteiger partial charge in [0.1, 0.15) is 6.42 Å². The van der Waals surface area contributed by atoms with Gasteiger partial charge in [-0.2, -0.15) is 5.26 Å². The van der Waals surface area contributed by atoms with Crippen molar-refractivity contribution in [3.05, 3.63) is 5.69 Å². The molecule has 0 amide bonds. The SMILES string of the molecule is COc1nonc1C(=O)CC#N. The van der Waals surface area contributed by atoms with E-state index in [0.717, 1.165) is 0 Å². The molecule has 62 valence electrons. The highest BCUT2D eigenvalue weighted by atomic mass is 16.6. The Labute approximate surface area is 67.7 Å². The largest absolute Gasteiger partial charge is 0.477 e. The first kappa shape index (κ1) is 8.20. The summed E-state index contributed by atoms with van der Waals surface area (Å²) in [7, 11) is 1.34. The van der Waals surface area contributed by atoms with E-state index >= 15 is 0 Å². The van der Waals surface area contributed by atoms with Gasteiger partial charge in [0.2, 0.25) is 11.5 Å². The maximum Gasteiger partial charge on any atom is 0.286 e. The lowest BCUT2D eigenvalue weighted by atomic mass is 10.2. The summed E-state index contributed by atoms with van der Waals surface area (Å²) in [6.07, 6.45) is -0.259. The standard InChI is InChI=1S/C6H5N3O3/c1-11-6-5(8-12-9-6)4(10)2-3-7/h2H2,1H3. The summed E-state index contributed by atoms with van der Waals surface area (Å²) in [5.41, 5.74) is -0.0425. The molecular weight excluding hydrogens is 162 g/mol. The van der Waals surface area contributed by atoms with E-state index < -0.39 is 5.78 Å². The third-order valence-corrected chi connectivity index (χ3v) is 1.16. The monoisotopic (exact) mass is 167 g/mol. The molecule has 0 spiro atoms. The Morgan fingerprint density at radius 3 is 3.08 bits per heavy atom. The first-order valence-corrected chi connectivity index (χ1v) is 3.06. The molecule has 1 aromatic rings. The van der Waals surface area contributed by atoms with Crippen molar-refractivity contribution in [2.75, 3.05) is 7.11 Å². The van der Waals surface area contributed by atoms with E-state index in [9.17, 15) is 4.79 Å². The number of nitrogens with zero attached hydrogens (tertiary/aromatic N) is 3. The van der Waals surface area contributed by atoms with Crippen LogP contribution >= 0.6 is 0 Å². The molecule has 0 N–H and O–H groups in total. The van der Waals surface area contributed by atoms with Crippen LogP contribution in [0.5, 0.6) is 5.88 Å². The van der Waals surface area contributed by atoms with Crippen molar-refractivity contribution >= 4 is 5.78 Å². The van der Waals surface area contributed by atoms with Gasteiger partial charge in [-0.05, 0) is 10.3 Å². The molecule has 0 aliphatic heterocycles. The van der Waals surface area contributed by atoms with Crippen LogP contribution in [0, 0.1) is 11.3 Å². The number of ketones is 1. The van der Waals surface area contributed by atoms with E-state index in [4.69, 9.17) is 5.26 Å². The summed E-state index contributed by atoms with van der Waals surface area (Å²) in [6, 6.07) is 1.69. The number of hydrogen-bond acceptors (Lipinski definition) is 6. The van der Waals surface area contributed by atoms with Crippen molar-refractivity contribution in [3.63, 3.8) is 0 Å². The third-order valence-electron chi connectivity index (χ3n) is 1.16. The molecule has 0 saturated heterocycles. The zero-order valence-electron chi connectivity index (χ0n) is 6.27. The van der Waals surface area contributed by atoms with E-state index in [1.807, 2.05) is 0 Å². The fraction of sp³-hybridized carbons (Fsp3) is 0.333. The normalized spacial score (nSPS) is 9.00. The lowest BCUT2D eigenvalue weighted by Gasteiger charge is -1.91. The van der Waals surface area contributed by atoms with Crippen molar-refractivity contribution < 1.29 is 14.2 Å². The predicted molar refractivity (Wildman–Crippen MR) is 35.4 cm³/mol. The molecule has 6 nitrogen and oxygen atoms in total. The summed E-state index contributed by atoms with van der Waals surface area (Å²) >= 11 is 0. The van der Waals surface area contributed by atoms with Crippen molar-refractivity contribution in [3.8, 4) is 11.9 Å². The molecule has 0 bridgehead atoms. The Bertz CT molecular complexity index is 325. The molecule has 0 atom stereocenters. The van der Waals surface area contributed by atoms with Gasteiger partial charge in [-0.15, -0.1) is 0 Å². The first-order chi connectivity index (χ1) is 5.79. The van der Waals surface area contributed by atoms with Gasteiger partial charge >= 0.3 is 0 Å². The maximum absolute atomic E-state index is 11.0. The Hall–Kier alpha value is -1.90. The average molecular weight is 167 g/mol. The van der Waals surface area contributed by atoms with Crippen LogP contribution in [-0.4, -0.2) is 23.2 Å². The number of nitriles is 1. The summed E-state index contributed by atoms with van der Waals surface area (Å²) in [4.78, 5) is 11.0. The minimum absolute atomic E-state index is 0.00949. The Kier molecular flexibility index (Phi) is 2.38. The van der Waals surface area contributed by atoms with Gasteiger partial charge in [0.05, 0.1) is 13.2 Å². The lowest BCUT2D eigenvalue weighted by Crippen LogP contribution is -2.00. The van der Waals surface area contributed by atoms with Crippen LogP contribution in [0.25, 0.3) is 0 Å². The van der Waals surface area contributed by atoms with Crippen LogP contribution in [0.15, 0.2) is 4.63 Å². The number of carbonyl (C=O) groups is 1. The Balaban J connectivity index is 2.88. The summed E-state index contributed by atoms with van der Waals surface area (Å²) in [6.45, 7) is 0. The van der Waals surface area contributed by atoms with E-state index in [2.05, 4.69) is 19.7 Å². The number of hydrogen-bond donors (Lipinski definition) is 0. The van der Waals surface area contributed by atoms with Crippen molar-refractivity contribution in [1.29, 1.82) is 5.26 Å². The first-order valence-electron chi connectivity index (χ1n) is 3.06. The summed E-state index contributed by atoms with van der Waals surface area (Å²) < 4.78 is 8.90. The van der Waals surface area contributed by atoms with Crippen LogP contribution in [0.1, 0.15) is 16.9 Å². The molecule has 0 radical (unpaired) electrons. The lowest BCUT2D eigenvalue weighted by molar-refractivity contribution is 0.0986. The molecule has 12 heavy (non-hydrogen) atoms. The van der Waals surface area contributed by atoms with Crippen molar-refractivity contribution in [2.24, 2.45) is 0 Å². The fourth-order valence-electron chi connectivity index (χ4n) is 0.640. The Morgan fingerprint density at radius 1 is 1.75 bits per heavy atom. The van der Waals surface area contributed by atoms with Gasteiger partial charge < -0.3 is 4.74 Å². The van der Waals surface area contributed by atoms with Gasteiger partial charge in [-0.1, -0.05) is 0 Å². The number of carbonyl (C=O) groups excluding carboxylic acids is 1. The number of ether oxygens (including phenoxy) is 1. The average Bonchev–Trinajstić information content (AvgIpc) is 2.51. The predicted octanol–water partition coefficient (Wildman–Crippen LogP) is 0.175. The molecule has 0 aliphatic carbocycles. The van der Waals surface area contributed by atoms with Gasteiger partial charge in [0.15, 0.2) is 0 Å². The topological polar surface area (TPSA) is 89.0 Å². The number of methoxy groups -OCH3 is 1. The van der Waals surface area contributed by atoms with Gasteiger partial charge in [0.25, 0.3) is 5.88 Å². The van der Waals surface area contributed by atoms with E-state index in [-0.39, 0.29) is 18.0 Å². The highest BCUT2D eigenvalue weighted by Crippen LogP contribution is 2.12. The second-order valence-corrected chi connectivity index (χ2v) is 1.88. The molecule has 0 unspecified atom stereocenters. The smallest absolute Gasteiger partial charge is 0.286 e. The van der Waals surface area contributed by atoms with Gasteiger partial charge in [-0.3, -0.25) is 4.79 Å². The van der Waals surface area contributed by atoms with Gasteiger partial charge in [-0.25, -0.2) is 4.63 Å². The van der Waals surface area contributed by atoms with E-state index in [1.165, 1.54) is 7.11 Å². The second kappa shape index (κ2) is 3.48. The van der Waals surface area contributed by atoms with Crippen LogP contribution in [-0.2, 0) is 0 Å². The van der Waals surface area contributed by atoms with E-state index in [1.54, 1.807) is 6.07 Å².